The highest BCUT2D eigenvalue weighted by Crippen LogP contribution is 2.28. The molecule has 1 aromatic heterocycles. The third kappa shape index (κ3) is 2.79. The minimum absolute atomic E-state index is 0.231. The maximum absolute atomic E-state index is 13.7. The molecule has 0 bridgehead atoms. The van der Waals surface area contributed by atoms with E-state index in [0.29, 0.717) is 17.3 Å². The Hall–Kier alpha value is -0.780. The predicted molar refractivity (Wildman–Crippen MR) is 75.1 cm³/mol. The van der Waals surface area contributed by atoms with E-state index >= 15 is 0 Å². The van der Waals surface area contributed by atoms with E-state index in [0.717, 1.165) is 16.0 Å². The van der Waals surface area contributed by atoms with Gasteiger partial charge >= 0.3 is 0 Å². The summed E-state index contributed by atoms with van der Waals surface area (Å²) in [7, 11) is 0. The fourth-order valence-electron chi connectivity index (χ4n) is 1.73. The summed E-state index contributed by atoms with van der Waals surface area (Å²) < 4.78 is 14.6. The van der Waals surface area contributed by atoms with Crippen molar-refractivity contribution in [2.45, 2.75) is 25.4 Å². The summed E-state index contributed by atoms with van der Waals surface area (Å²) in [6.07, 6.45) is 2.52. The SMILES string of the molecule is Fc1ccc(Br)cc1-c1csc(CNC2CC2)n1. The van der Waals surface area contributed by atoms with Crippen LogP contribution in [0, 0.1) is 5.82 Å². The molecule has 0 spiro atoms. The third-order valence-corrected chi connectivity index (χ3v) is 4.22. The summed E-state index contributed by atoms with van der Waals surface area (Å²) in [5.41, 5.74) is 1.27. The van der Waals surface area contributed by atoms with Crippen molar-refractivity contribution in [3.05, 3.63) is 38.9 Å². The molecule has 1 aromatic carbocycles. The molecule has 1 fully saturated rings. The van der Waals surface area contributed by atoms with Gasteiger partial charge < -0.3 is 5.32 Å². The Morgan fingerprint density at radius 1 is 1.44 bits per heavy atom. The van der Waals surface area contributed by atoms with E-state index in [-0.39, 0.29) is 5.82 Å². The predicted octanol–water partition coefficient (Wildman–Crippen LogP) is 3.96. The molecule has 3 rings (SSSR count). The number of rotatable bonds is 4. The average Bonchev–Trinajstić information content (AvgIpc) is 3.08. The van der Waals surface area contributed by atoms with Gasteiger partial charge in [-0.25, -0.2) is 9.37 Å². The molecule has 0 atom stereocenters. The van der Waals surface area contributed by atoms with Crippen LogP contribution in [0.1, 0.15) is 17.8 Å². The number of hydrogen-bond acceptors (Lipinski definition) is 3. The lowest BCUT2D eigenvalue weighted by Crippen LogP contribution is -2.14. The van der Waals surface area contributed by atoms with Crippen molar-refractivity contribution in [1.29, 1.82) is 0 Å². The monoisotopic (exact) mass is 326 g/mol. The number of nitrogens with one attached hydrogen (secondary N) is 1. The molecule has 5 heteroatoms. The highest BCUT2D eigenvalue weighted by molar-refractivity contribution is 9.10. The molecule has 0 amide bonds. The molecule has 0 aliphatic heterocycles. The number of benzene rings is 1. The fourth-order valence-corrected chi connectivity index (χ4v) is 2.83. The minimum atomic E-state index is -0.231. The van der Waals surface area contributed by atoms with Crippen molar-refractivity contribution < 1.29 is 4.39 Å². The first-order valence-corrected chi connectivity index (χ1v) is 7.53. The summed E-state index contributed by atoms with van der Waals surface area (Å²) in [4.78, 5) is 4.48. The van der Waals surface area contributed by atoms with Crippen molar-refractivity contribution >= 4 is 27.3 Å². The second kappa shape index (κ2) is 5.07. The molecule has 1 N–H and O–H groups in total. The quantitative estimate of drug-likeness (QED) is 0.919. The van der Waals surface area contributed by atoms with Crippen LogP contribution in [0.2, 0.25) is 0 Å². The van der Waals surface area contributed by atoms with Crippen LogP contribution in [0.3, 0.4) is 0 Å². The summed E-state index contributed by atoms with van der Waals surface area (Å²) >= 11 is 4.93. The molecule has 1 aliphatic rings. The highest BCUT2D eigenvalue weighted by Gasteiger charge is 2.20. The second-order valence-electron chi connectivity index (χ2n) is 4.41. The van der Waals surface area contributed by atoms with Gasteiger partial charge in [0.05, 0.1) is 5.69 Å². The zero-order valence-electron chi connectivity index (χ0n) is 9.62. The fraction of sp³-hybridized carbons (Fsp3) is 0.308. The summed E-state index contributed by atoms with van der Waals surface area (Å²) in [5.74, 6) is -0.231. The first-order chi connectivity index (χ1) is 8.72. The Bertz CT molecular complexity index is 566. The van der Waals surface area contributed by atoms with E-state index in [9.17, 15) is 4.39 Å². The molecule has 94 valence electrons. The smallest absolute Gasteiger partial charge is 0.132 e. The van der Waals surface area contributed by atoms with Crippen LogP contribution >= 0.6 is 27.3 Å². The molecular weight excluding hydrogens is 315 g/mol. The molecule has 0 radical (unpaired) electrons. The van der Waals surface area contributed by atoms with Crippen molar-refractivity contribution in [3.8, 4) is 11.3 Å². The van der Waals surface area contributed by atoms with E-state index in [1.807, 2.05) is 5.38 Å². The maximum atomic E-state index is 13.7. The number of thiazole rings is 1. The van der Waals surface area contributed by atoms with E-state index in [4.69, 9.17) is 0 Å². The van der Waals surface area contributed by atoms with Crippen LogP contribution in [0.5, 0.6) is 0 Å². The lowest BCUT2D eigenvalue weighted by Gasteiger charge is -2.00. The largest absolute Gasteiger partial charge is 0.308 e. The van der Waals surface area contributed by atoms with Gasteiger partial charge in [-0.1, -0.05) is 15.9 Å². The van der Waals surface area contributed by atoms with Crippen molar-refractivity contribution in [3.63, 3.8) is 0 Å². The third-order valence-electron chi connectivity index (χ3n) is 2.88. The Kier molecular flexibility index (Phi) is 3.46. The normalized spacial score (nSPS) is 15.0. The van der Waals surface area contributed by atoms with Gasteiger partial charge in [0.2, 0.25) is 0 Å². The van der Waals surface area contributed by atoms with Gasteiger partial charge in [-0.2, -0.15) is 0 Å². The molecule has 1 saturated carbocycles. The Balaban J connectivity index is 1.80. The number of aromatic nitrogens is 1. The first kappa shape index (κ1) is 12.3. The molecule has 18 heavy (non-hydrogen) atoms. The van der Waals surface area contributed by atoms with E-state index in [1.54, 1.807) is 23.5 Å². The first-order valence-electron chi connectivity index (χ1n) is 5.85. The van der Waals surface area contributed by atoms with Crippen molar-refractivity contribution in [2.24, 2.45) is 0 Å². The number of nitrogens with zero attached hydrogens (tertiary/aromatic N) is 1. The van der Waals surface area contributed by atoms with E-state index < -0.39 is 0 Å². The van der Waals surface area contributed by atoms with Crippen LogP contribution in [-0.2, 0) is 6.54 Å². The lowest BCUT2D eigenvalue weighted by atomic mass is 10.1. The summed E-state index contributed by atoms with van der Waals surface area (Å²) in [6.45, 7) is 0.783. The Morgan fingerprint density at radius 2 is 2.28 bits per heavy atom. The molecule has 0 unspecified atom stereocenters. The molecule has 0 saturated heterocycles. The van der Waals surface area contributed by atoms with Crippen LogP contribution in [0.4, 0.5) is 4.39 Å². The van der Waals surface area contributed by atoms with Gasteiger partial charge in [-0.05, 0) is 31.0 Å². The summed E-state index contributed by atoms with van der Waals surface area (Å²) in [5, 5.41) is 6.33. The zero-order valence-corrected chi connectivity index (χ0v) is 12.0. The van der Waals surface area contributed by atoms with Gasteiger partial charge in [-0.3, -0.25) is 0 Å². The maximum Gasteiger partial charge on any atom is 0.132 e. The van der Waals surface area contributed by atoms with E-state index in [1.165, 1.54) is 18.9 Å². The molecular formula is C13H12BrFN2S. The van der Waals surface area contributed by atoms with Gasteiger partial charge in [0, 0.05) is 28.0 Å². The zero-order chi connectivity index (χ0) is 12.5. The average molecular weight is 327 g/mol. The van der Waals surface area contributed by atoms with Crippen LogP contribution in [0.25, 0.3) is 11.3 Å². The molecule has 1 heterocycles. The second-order valence-corrected chi connectivity index (χ2v) is 6.26. The van der Waals surface area contributed by atoms with Crippen molar-refractivity contribution in [1.82, 2.24) is 10.3 Å². The van der Waals surface area contributed by atoms with Crippen LogP contribution in [-0.4, -0.2) is 11.0 Å². The molecule has 2 aromatic rings. The molecule has 2 nitrogen and oxygen atoms in total. The van der Waals surface area contributed by atoms with Crippen molar-refractivity contribution in [2.75, 3.05) is 0 Å². The van der Waals surface area contributed by atoms with Gasteiger partial charge in [0.25, 0.3) is 0 Å². The summed E-state index contributed by atoms with van der Waals surface area (Å²) in [6, 6.07) is 5.59. The lowest BCUT2D eigenvalue weighted by molar-refractivity contribution is 0.630. The standard InChI is InChI=1S/C13H12BrFN2S/c14-8-1-4-11(15)10(5-8)12-7-18-13(17-12)6-16-9-2-3-9/h1,4-5,7,9,16H,2-3,6H2. The Labute approximate surface area is 117 Å². The number of hydrogen-bond donors (Lipinski definition) is 1. The van der Waals surface area contributed by atoms with Gasteiger partial charge in [0.1, 0.15) is 10.8 Å². The Morgan fingerprint density at radius 3 is 3.06 bits per heavy atom. The van der Waals surface area contributed by atoms with Crippen LogP contribution in [0.15, 0.2) is 28.1 Å². The highest BCUT2D eigenvalue weighted by atomic mass is 79.9. The topological polar surface area (TPSA) is 24.9 Å². The van der Waals surface area contributed by atoms with Gasteiger partial charge in [0.15, 0.2) is 0 Å². The van der Waals surface area contributed by atoms with E-state index in [2.05, 4.69) is 26.2 Å². The molecule has 1 aliphatic carbocycles. The number of halogens is 2. The minimum Gasteiger partial charge on any atom is -0.308 e. The van der Waals surface area contributed by atoms with Gasteiger partial charge in [-0.15, -0.1) is 11.3 Å². The van der Waals surface area contributed by atoms with Crippen LogP contribution < -0.4 is 5.32 Å².